The topological polar surface area (TPSA) is 49.3 Å². The molecule has 25 heavy (non-hydrogen) atoms. The zero-order valence-corrected chi connectivity index (χ0v) is 13.9. The second kappa shape index (κ2) is 8.11. The van der Waals surface area contributed by atoms with E-state index in [4.69, 9.17) is 0 Å². The minimum atomic E-state index is -0.670. The van der Waals surface area contributed by atoms with Crippen LogP contribution >= 0.6 is 0 Å². The summed E-state index contributed by atoms with van der Waals surface area (Å²) in [4.78, 5) is 24.6. The molecule has 0 spiro atoms. The van der Waals surface area contributed by atoms with E-state index in [1.165, 1.54) is 12.1 Å². The van der Waals surface area contributed by atoms with E-state index in [0.717, 1.165) is 37.8 Å². The summed E-state index contributed by atoms with van der Waals surface area (Å²) >= 11 is 0. The Morgan fingerprint density at radius 1 is 1.12 bits per heavy atom. The fourth-order valence-corrected chi connectivity index (χ4v) is 2.89. The standard InChI is InChI=1S/C18H20F2N4O/c19-15-2-1-14(17(20)12-15)11-18(25)24-9-7-23(8-10-24)6-3-16-13-21-4-5-22-16/h1-2,4-5,12-13H,3,6-11H2. The summed E-state index contributed by atoms with van der Waals surface area (Å²) in [6.07, 6.45) is 5.88. The Bertz CT molecular complexity index is 718. The molecule has 1 aromatic heterocycles. The van der Waals surface area contributed by atoms with Gasteiger partial charge in [0.1, 0.15) is 11.6 Å². The lowest BCUT2D eigenvalue weighted by Crippen LogP contribution is -2.49. The maximum Gasteiger partial charge on any atom is 0.227 e. The summed E-state index contributed by atoms with van der Waals surface area (Å²) in [5.41, 5.74) is 1.18. The van der Waals surface area contributed by atoms with Gasteiger partial charge in [0, 0.05) is 63.8 Å². The molecule has 5 nitrogen and oxygen atoms in total. The molecule has 0 radical (unpaired) electrons. The van der Waals surface area contributed by atoms with Crippen LogP contribution in [0.3, 0.4) is 0 Å². The number of rotatable bonds is 5. The molecular formula is C18H20F2N4O. The van der Waals surface area contributed by atoms with Crippen LogP contribution in [-0.2, 0) is 17.6 Å². The quantitative estimate of drug-likeness (QED) is 0.827. The minimum Gasteiger partial charge on any atom is -0.340 e. The third kappa shape index (κ3) is 4.79. The van der Waals surface area contributed by atoms with Gasteiger partial charge in [-0.25, -0.2) is 8.78 Å². The van der Waals surface area contributed by atoms with Crippen LogP contribution in [0.2, 0.25) is 0 Å². The Balaban J connectivity index is 1.46. The average Bonchev–Trinajstić information content (AvgIpc) is 2.63. The Morgan fingerprint density at radius 3 is 2.60 bits per heavy atom. The maximum atomic E-state index is 13.7. The van der Waals surface area contributed by atoms with E-state index in [1.807, 2.05) is 0 Å². The van der Waals surface area contributed by atoms with Crippen molar-refractivity contribution >= 4 is 5.91 Å². The first kappa shape index (κ1) is 17.4. The number of amides is 1. The Morgan fingerprint density at radius 2 is 1.92 bits per heavy atom. The number of nitrogens with zero attached hydrogens (tertiary/aromatic N) is 4. The molecule has 3 rings (SSSR count). The summed E-state index contributed by atoms with van der Waals surface area (Å²) in [5, 5.41) is 0. The molecule has 132 valence electrons. The second-order valence-corrected chi connectivity index (χ2v) is 6.08. The van der Waals surface area contributed by atoms with Crippen molar-refractivity contribution in [2.24, 2.45) is 0 Å². The average molecular weight is 346 g/mol. The van der Waals surface area contributed by atoms with Crippen molar-refractivity contribution in [2.75, 3.05) is 32.7 Å². The monoisotopic (exact) mass is 346 g/mol. The van der Waals surface area contributed by atoms with Crippen LogP contribution in [-0.4, -0.2) is 58.4 Å². The predicted octanol–water partition coefficient (Wildman–Crippen LogP) is 1.68. The number of carbonyl (C=O) groups excluding carboxylic acids is 1. The van der Waals surface area contributed by atoms with Gasteiger partial charge < -0.3 is 4.90 Å². The Kier molecular flexibility index (Phi) is 5.65. The highest BCUT2D eigenvalue weighted by Gasteiger charge is 2.22. The van der Waals surface area contributed by atoms with E-state index in [-0.39, 0.29) is 17.9 Å². The number of hydrogen-bond acceptors (Lipinski definition) is 4. The van der Waals surface area contributed by atoms with Crippen molar-refractivity contribution in [1.82, 2.24) is 19.8 Å². The summed E-state index contributed by atoms with van der Waals surface area (Å²) < 4.78 is 26.6. The molecule has 0 aliphatic carbocycles. The Hall–Kier alpha value is -2.41. The highest BCUT2D eigenvalue weighted by molar-refractivity contribution is 5.79. The number of piperazine rings is 1. The highest BCUT2D eigenvalue weighted by Crippen LogP contribution is 2.12. The van der Waals surface area contributed by atoms with Gasteiger partial charge in [-0.05, 0) is 11.6 Å². The first-order valence-electron chi connectivity index (χ1n) is 8.31. The minimum absolute atomic E-state index is 0.0360. The van der Waals surface area contributed by atoms with Crippen LogP contribution in [0.1, 0.15) is 11.3 Å². The molecule has 0 atom stereocenters. The molecule has 1 saturated heterocycles. The van der Waals surface area contributed by atoms with Crippen LogP contribution in [0.5, 0.6) is 0 Å². The lowest BCUT2D eigenvalue weighted by molar-refractivity contribution is -0.132. The summed E-state index contributed by atoms with van der Waals surface area (Å²) in [6, 6.07) is 3.32. The number of halogens is 2. The van der Waals surface area contributed by atoms with Gasteiger partial charge in [0.05, 0.1) is 12.1 Å². The molecule has 7 heteroatoms. The van der Waals surface area contributed by atoms with Crippen LogP contribution in [0.4, 0.5) is 8.78 Å². The largest absolute Gasteiger partial charge is 0.340 e. The summed E-state index contributed by atoms with van der Waals surface area (Å²) in [7, 11) is 0. The summed E-state index contributed by atoms with van der Waals surface area (Å²) in [6.45, 7) is 3.65. The number of carbonyl (C=O) groups is 1. The van der Waals surface area contributed by atoms with Gasteiger partial charge in [0.15, 0.2) is 0 Å². The molecule has 2 aromatic rings. The van der Waals surface area contributed by atoms with Crippen molar-refractivity contribution in [3.8, 4) is 0 Å². The van der Waals surface area contributed by atoms with Crippen LogP contribution in [0, 0.1) is 11.6 Å². The SMILES string of the molecule is O=C(Cc1ccc(F)cc1F)N1CCN(CCc2cnccn2)CC1. The van der Waals surface area contributed by atoms with Gasteiger partial charge in [-0.2, -0.15) is 0 Å². The molecular weight excluding hydrogens is 326 g/mol. The zero-order chi connectivity index (χ0) is 17.6. The maximum absolute atomic E-state index is 13.7. The van der Waals surface area contributed by atoms with Crippen LogP contribution in [0.25, 0.3) is 0 Å². The third-order valence-electron chi connectivity index (χ3n) is 4.38. The van der Waals surface area contributed by atoms with Gasteiger partial charge in [0.2, 0.25) is 5.91 Å². The van der Waals surface area contributed by atoms with Gasteiger partial charge in [-0.3, -0.25) is 19.7 Å². The van der Waals surface area contributed by atoms with Crippen molar-refractivity contribution < 1.29 is 13.6 Å². The first-order valence-corrected chi connectivity index (χ1v) is 8.31. The normalized spacial score (nSPS) is 15.4. The molecule has 1 aromatic carbocycles. The molecule has 0 bridgehead atoms. The molecule has 1 amide bonds. The number of hydrogen-bond donors (Lipinski definition) is 0. The fourth-order valence-electron chi connectivity index (χ4n) is 2.89. The third-order valence-corrected chi connectivity index (χ3v) is 4.38. The number of aromatic nitrogens is 2. The molecule has 2 heterocycles. The molecule has 0 N–H and O–H groups in total. The summed E-state index contributed by atoms with van der Waals surface area (Å²) in [5.74, 6) is -1.43. The van der Waals surface area contributed by atoms with Gasteiger partial charge in [-0.15, -0.1) is 0 Å². The van der Waals surface area contributed by atoms with Crippen molar-refractivity contribution in [1.29, 1.82) is 0 Å². The van der Waals surface area contributed by atoms with E-state index >= 15 is 0 Å². The lowest BCUT2D eigenvalue weighted by Gasteiger charge is -2.34. The van der Waals surface area contributed by atoms with E-state index in [2.05, 4.69) is 14.9 Å². The molecule has 0 unspecified atom stereocenters. The molecule has 1 fully saturated rings. The van der Waals surface area contributed by atoms with Crippen molar-refractivity contribution in [3.05, 3.63) is 59.7 Å². The van der Waals surface area contributed by atoms with Gasteiger partial charge in [0.25, 0.3) is 0 Å². The van der Waals surface area contributed by atoms with Gasteiger partial charge in [-0.1, -0.05) is 6.07 Å². The molecule has 0 saturated carbocycles. The predicted molar refractivity (Wildman–Crippen MR) is 88.8 cm³/mol. The van der Waals surface area contributed by atoms with E-state index in [1.54, 1.807) is 23.5 Å². The molecule has 1 aliphatic heterocycles. The Labute approximate surface area is 145 Å². The lowest BCUT2D eigenvalue weighted by atomic mass is 10.1. The van der Waals surface area contributed by atoms with Crippen LogP contribution < -0.4 is 0 Å². The highest BCUT2D eigenvalue weighted by atomic mass is 19.1. The fraction of sp³-hybridized carbons (Fsp3) is 0.389. The first-order chi connectivity index (χ1) is 12.1. The zero-order valence-electron chi connectivity index (χ0n) is 13.9. The van der Waals surface area contributed by atoms with Crippen molar-refractivity contribution in [2.45, 2.75) is 12.8 Å². The van der Waals surface area contributed by atoms with Crippen molar-refractivity contribution in [3.63, 3.8) is 0 Å². The van der Waals surface area contributed by atoms with E-state index in [9.17, 15) is 13.6 Å². The smallest absolute Gasteiger partial charge is 0.227 e. The molecule has 1 aliphatic rings. The van der Waals surface area contributed by atoms with E-state index < -0.39 is 11.6 Å². The number of benzene rings is 1. The van der Waals surface area contributed by atoms with Gasteiger partial charge >= 0.3 is 0 Å². The second-order valence-electron chi connectivity index (χ2n) is 6.08. The van der Waals surface area contributed by atoms with E-state index in [0.29, 0.717) is 13.1 Å². The van der Waals surface area contributed by atoms with Crippen LogP contribution in [0.15, 0.2) is 36.8 Å².